The Hall–Kier alpha value is -3.25. The number of hydrogen-bond acceptors (Lipinski definition) is 8. The molecule has 8 nitrogen and oxygen atoms in total. The second-order valence-corrected chi connectivity index (χ2v) is 12.8. The minimum absolute atomic E-state index is 0.150. The molecule has 0 unspecified atom stereocenters. The van der Waals surface area contributed by atoms with Crippen LogP contribution in [0.3, 0.4) is 0 Å². The predicted molar refractivity (Wildman–Crippen MR) is 163 cm³/mol. The maximum atomic E-state index is 13.4. The van der Waals surface area contributed by atoms with E-state index in [4.69, 9.17) is 11.6 Å². The van der Waals surface area contributed by atoms with Crippen molar-refractivity contribution in [2.24, 2.45) is 4.99 Å². The van der Waals surface area contributed by atoms with Gasteiger partial charge in [-0.05, 0) is 95.1 Å². The molecule has 4 heterocycles. The standard InChI is InChI=1S/C27H20BrClN6O2S2/c28-23-9-7-18(38-23)13-22-26(37)34-27(39-22)35-10-2-5-21(35)25(36)33-17-6-8-20-19(12-17)24(31-14-30-20)32-16-4-1-3-15(29)11-16/h1,3-4,6-9,11-14,21H,2,5,10H2,(H,33,36)(H,30,31,32)/b22-13+/t21-/m0/s1. The van der Waals surface area contributed by atoms with Gasteiger partial charge in [-0.15, -0.1) is 11.3 Å². The van der Waals surface area contributed by atoms with Crippen molar-refractivity contribution >= 4 is 102 Å². The van der Waals surface area contributed by atoms with Crippen LogP contribution in [0.25, 0.3) is 17.0 Å². The van der Waals surface area contributed by atoms with Crippen LogP contribution in [0.1, 0.15) is 17.7 Å². The quantitative estimate of drug-likeness (QED) is 0.229. The highest BCUT2D eigenvalue weighted by molar-refractivity contribution is 9.11. The first-order valence-corrected chi connectivity index (χ1v) is 14.9. The third-order valence-corrected chi connectivity index (χ3v) is 9.09. The molecule has 1 fully saturated rings. The Morgan fingerprint density at radius 2 is 2.03 bits per heavy atom. The summed E-state index contributed by atoms with van der Waals surface area (Å²) in [5, 5.41) is 8.26. The predicted octanol–water partition coefficient (Wildman–Crippen LogP) is 6.92. The van der Waals surface area contributed by atoms with Crippen LogP contribution in [0.15, 0.2) is 74.6 Å². The number of fused-ring (bicyclic) bond motifs is 1. The fourth-order valence-electron chi connectivity index (χ4n) is 4.49. The van der Waals surface area contributed by atoms with Gasteiger partial charge in [-0.1, -0.05) is 17.7 Å². The average molecular weight is 640 g/mol. The summed E-state index contributed by atoms with van der Waals surface area (Å²) < 4.78 is 0.995. The summed E-state index contributed by atoms with van der Waals surface area (Å²) in [4.78, 5) is 42.5. The second kappa shape index (κ2) is 11.1. The lowest BCUT2D eigenvalue weighted by atomic mass is 10.1. The number of nitrogens with zero attached hydrogens (tertiary/aromatic N) is 4. The van der Waals surface area contributed by atoms with Crippen LogP contribution in [0.4, 0.5) is 17.2 Å². The number of rotatable bonds is 5. The van der Waals surface area contributed by atoms with Gasteiger partial charge in [-0.25, -0.2) is 9.97 Å². The van der Waals surface area contributed by atoms with Crippen molar-refractivity contribution in [2.75, 3.05) is 17.2 Å². The first-order chi connectivity index (χ1) is 18.9. The Bertz CT molecular complexity index is 1670. The molecule has 0 spiro atoms. The minimum atomic E-state index is -0.425. The van der Waals surface area contributed by atoms with Crippen LogP contribution < -0.4 is 10.6 Å². The molecule has 1 atom stereocenters. The van der Waals surface area contributed by atoms with E-state index in [1.807, 2.05) is 59.5 Å². The topological polar surface area (TPSA) is 99.6 Å². The Kier molecular flexibility index (Phi) is 7.39. The average Bonchev–Trinajstić information content (AvgIpc) is 3.65. The molecule has 196 valence electrons. The van der Waals surface area contributed by atoms with Gasteiger partial charge in [0.2, 0.25) is 5.91 Å². The summed E-state index contributed by atoms with van der Waals surface area (Å²) >= 11 is 12.4. The molecule has 0 radical (unpaired) electrons. The Labute approximate surface area is 245 Å². The highest BCUT2D eigenvalue weighted by Crippen LogP contribution is 2.35. The molecule has 1 saturated heterocycles. The monoisotopic (exact) mass is 638 g/mol. The van der Waals surface area contributed by atoms with Crippen LogP contribution in [-0.2, 0) is 9.59 Å². The van der Waals surface area contributed by atoms with E-state index in [2.05, 4.69) is 41.5 Å². The molecule has 39 heavy (non-hydrogen) atoms. The SMILES string of the molecule is O=C1N=C(N2CCC[C@H]2C(=O)Nc2ccc3ncnc(Nc4cccc(Cl)c4)c3c2)S/C1=C/c1ccc(Br)s1. The number of benzene rings is 2. The fourth-order valence-corrected chi connectivity index (χ4v) is 7.10. The molecule has 0 saturated carbocycles. The molecule has 2 aliphatic heterocycles. The molecule has 2 N–H and O–H groups in total. The summed E-state index contributed by atoms with van der Waals surface area (Å²) in [6, 6.07) is 16.3. The van der Waals surface area contributed by atoms with Crippen LogP contribution >= 0.6 is 50.6 Å². The molecule has 4 aromatic rings. The van der Waals surface area contributed by atoms with E-state index in [1.54, 1.807) is 17.4 Å². The van der Waals surface area contributed by atoms with Gasteiger partial charge >= 0.3 is 0 Å². The first kappa shape index (κ1) is 26.0. The van der Waals surface area contributed by atoms with E-state index < -0.39 is 6.04 Å². The van der Waals surface area contributed by atoms with Crippen molar-refractivity contribution in [3.8, 4) is 0 Å². The lowest BCUT2D eigenvalue weighted by Gasteiger charge is -2.24. The lowest BCUT2D eigenvalue weighted by molar-refractivity contribution is -0.119. The molecular formula is C27H20BrClN6O2S2. The van der Waals surface area contributed by atoms with Gasteiger partial charge < -0.3 is 15.5 Å². The second-order valence-electron chi connectivity index (χ2n) is 8.88. The fraction of sp³-hybridized carbons (Fsp3) is 0.148. The summed E-state index contributed by atoms with van der Waals surface area (Å²) in [7, 11) is 0. The van der Waals surface area contributed by atoms with Gasteiger partial charge in [0.1, 0.15) is 18.2 Å². The molecule has 2 aliphatic rings. The number of amides is 2. The number of carbonyl (C=O) groups excluding carboxylic acids is 2. The van der Waals surface area contributed by atoms with Crippen molar-refractivity contribution in [2.45, 2.75) is 18.9 Å². The van der Waals surface area contributed by atoms with E-state index in [1.165, 1.54) is 18.1 Å². The molecule has 12 heteroatoms. The van der Waals surface area contributed by atoms with Crippen LogP contribution in [0.2, 0.25) is 5.02 Å². The van der Waals surface area contributed by atoms with Crippen molar-refractivity contribution in [1.82, 2.24) is 14.9 Å². The number of carbonyl (C=O) groups is 2. The van der Waals surface area contributed by atoms with E-state index in [0.717, 1.165) is 31.7 Å². The maximum Gasteiger partial charge on any atom is 0.286 e. The largest absolute Gasteiger partial charge is 0.340 e. The van der Waals surface area contributed by atoms with Crippen molar-refractivity contribution < 1.29 is 9.59 Å². The summed E-state index contributed by atoms with van der Waals surface area (Å²) in [6.07, 6.45) is 4.85. The highest BCUT2D eigenvalue weighted by atomic mass is 79.9. The molecule has 2 aromatic heterocycles. The van der Waals surface area contributed by atoms with Crippen LogP contribution in [0, 0.1) is 0 Å². The maximum absolute atomic E-state index is 13.4. The zero-order valence-corrected chi connectivity index (χ0v) is 24.2. The number of amidine groups is 1. The molecule has 2 amide bonds. The summed E-state index contributed by atoms with van der Waals surface area (Å²) in [5.41, 5.74) is 2.16. The first-order valence-electron chi connectivity index (χ1n) is 12.1. The number of thiophene rings is 1. The number of anilines is 3. The number of likely N-dealkylation sites (tertiary alicyclic amines) is 1. The molecule has 0 bridgehead atoms. The van der Waals surface area contributed by atoms with E-state index in [0.29, 0.717) is 39.6 Å². The third kappa shape index (κ3) is 5.72. The van der Waals surface area contributed by atoms with E-state index >= 15 is 0 Å². The van der Waals surface area contributed by atoms with Crippen molar-refractivity contribution in [3.05, 3.63) is 79.5 Å². The Morgan fingerprint density at radius 1 is 1.13 bits per heavy atom. The minimum Gasteiger partial charge on any atom is -0.340 e. The molecule has 6 rings (SSSR count). The van der Waals surface area contributed by atoms with Crippen molar-refractivity contribution in [3.63, 3.8) is 0 Å². The third-order valence-electron chi connectivity index (χ3n) is 6.27. The number of aliphatic imine (C=N–C) groups is 1. The summed E-state index contributed by atoms with van der Waals surface area (Å²) in [5.74, 6) is 0.177. The van der Waals surface area contributed by atoms with Gasteiger partial charge in [0, 0.05) is 33.2 Å². The number of thioether (sulfide) groups is 1. The summed E-state index contributed by atoms with van der Waals surface area (Å²) in [6.45, 7) is 0.661. The Morgan fingerprint density at radius 3 is 2.85 bits per heavy atom. The normalized spacial score (nSPS) is 18.2. The smallest absolute Gasteiger partial charge is 0.286 e. The molecule has 2 aromatic carbocycles. The van der Waals surface area contributed by atoms with Crippen LogP contribution in [0.5, 0.6) is 0 Å². The van der Waals surface area contributed by atoms with E-state index in [-0.39, 0.29) is 11.8 Å². The van der Waals surface area contributed by atoms with Crippen LogP contribution in [-0.4, -0.2) is 44.4 Å². The van der Waals surface area contributed by atoms with Gasteiger partial charge in [0.25, 0.3) is 5.91 Å². The van der Waals surface area contributed by atoms with Gasteiger partial charge in [-0.3, -0.25) is 9.59 Å². The number of halogens is 2. The van der Waals surface area contributed by atoms with Gasteiger partial charge in [0.15, 0.2) is 5.17 Å². The van der Waals surface area contributed by atoms with E-state index in [9.17, 15) is 9.59 Å². The van der Waals surface area contributed by atoms with Gasteiger partial charge in [0.05, 0.1) is 14.2 Å². The van der Waals surface area contributed by atoms with Gasteiger partial charge in [-0.2, -0.15) is 4.99 Å². The Balaban J connectivity index is 1.19. The number of aromatic nitrogens is 2. The number of hydrogen-bond donors (Lipinski definition) is 2. The zero-order valence-electron chi connectivity index (χ0n) is 20.2. The lowest BCUT2D eigenvalue weighted by Crippen LogP contribution is -2.41. The zero-order chi connectivity index (χ0) is 26.9. The number of nitrogens with one attached hydrogen (secondary N) is 2. The molecular weight excluding hydrogens is 620 g/mol. The highest BCUT2D eigenvalue weighted by Gasteiger charge is 2.37. The van der Waals surface area contributed by atoms with Crippen molar-refractivity contribution in [1.29, 1.82) is 0 Å². The molecule has 0 aliphatic carbocycles.